The maximum Gasteiger partial charge on any atom is 0.0931 e. The first kappa shape index (κ1) is 10.4. The quantitative estimate of drug-likeness (QED) is 0.866. The fourth-order valence-corrected chi connectivity index (χ4v) is 3.12. The summed E-state index contributed by atoms with van der Waals surface area (Å²) in [6.45, 7) is 4.43. The zero-order chi connectivity index (χ0) is 10.2. The highest BCUT2D eigenvalue weighted by Gasteiger charge is 2.45. The summed E-state index contributed by atoms with van der Waals surface area (Å²) in [5.74, 6) is 0.450. The van der Waals surface area contributed by atoms with Gasteiger partial charge >= 0.3 is 0 Å². The maximum atomic E-state index is 5.94. The van der Waals surface area contributed by atoms with E-state index in [0.29, 0.717) is 12.5 Å². The predicted molar refractivity (Wildman–Crippen MR) is 60.0 cm³/mol. The average Bonchev–Trinajstić information content (AvgIpc) is 2.50. The van der Waals surface area contributed by atoms with Gasteiger partial charge in [0, 0.05) is 4.88 Å². The summed E-state index contributed by atoms with van der Waals surface area (Å²) < 4.78 is 6.18. The molecule has 2 nitrogen and oxygen atoms in total. The van der Waals surface area contributed by atoms with Crippen LogP contribution in [0.4, 0.5) is 0 Å². The normalized spacial score (nSPS) is 21.6. The van der Waals surface area contributed by atoms with Crippen molar-refractivity contribution in [1.82, 2.24) is 0 Å². The van der Waals surface area contributed by atoms with E-state index in [2.05, 4.69) is 13.0 Å². The van der Waals surface area contributed by atoms with Gasteiger partial charge in [-0.25, -0.2) is 0 Å². The van der Waals surface area contributed by atoms with Crippen molar-refractivity contribution < 1.29 is 4.74 Å². The van der Waals surface area contributed by atoms with Crippen molar-refractivity contribution in [2.24, 2.45) is 11.7 Å². The van der Waals surface area contributed by atoms with Gasteiger partial charge in [-0.2, -0.15) is 0 Å². The van der Waals surface area contributed by atoms with E-state index in [-0.39, 0.29) is 5.41 Å². The highest BCUT2D eigenvalue weighted by atomic mass is 35.5. The van der Waals surface area contributed by atoms with E-state index < -0.39 is 0 Å². The Kier molecular flexibility index (Phi) is 2.84. The van der Waals surface area contributed by atoms with Crippen LogP contribution in [0.2, 0.25) is 4.34 Å². The zero-order valence-corrected chi connectivity index (χ0v) is 9.70. The summed E-state index contributed by atoms with van der Waals surface area (Å²) in [6, 6.07) is 4.05. The summed E-state index contributed by atoms with van der Waals surface area (Å²) in [7, 11) is 0. The molecule has 1 saturated heterocycles. The number of ether oxygens (including phenoxy) is 1. The van der Waals surface area contributed by atoms with Crippen molar-refractivity contribution in [3.8, 4) is 0 Å². The minimum absolute atomic E-state index is 0.132. The van der Waals surface area contributed by atoms with Crippen molar-refractivity contribution in [3.63, 3.8) is 0 Å². The molecule has 78 valence electrons. The van der Waals surface area contributed by atoms with E-state index in [1.54, 1.807) is 11.3 Å². The molecule has 1 atom stereocenters. The van der Waals surface area contributed by atoms with E-state index >= 15 is 0 Å². The first-order valence-electron chi connectivity index (χ1n) is 4.72. The standard InChI is InChI=1S/C10H14ClNOS/c1-7(4-12)10(5-13-6-10)8-2-3-9(11)14-8/h2-3,7H,4-6,12H2,1H3. The Balaban J connectivity index is 2.28. The highest BCUT2D eigenvalue weighted by molar-refractivity contribution is 7.16. The van der Waals surface area contributed by atoms with E-state index in [9.17, 15) is 0 Å². The topological polar surface area (TPSA) is 35.2 Å². The molecule has 0 bridgehead atoms. The summed E-state index contributed by atoms with van der Waals surface area (Å²) in [5.41, 5.74) is 5.86. The van der Waals surface area contributed by atoms with Gasteiger partial charge in [0.2, 0.25) is 0 Å². The largest absolute Gasteiger partial charge is 0.379 e. The Labute approximate surface area is 93.0 Å². The van der Waals surface area contributed by atoms with Crippen molar-refractivity contribution in [2.45, 2.75) is 12.3 Å². The van der Waals surface area contributed by atoms with Crippen molar-refractivity contribution in [3.05, 3.63) is 21.3 Å². The van der Waals surface area contributed by atoms with Gasteiger partial charge < -0.3 is 10.5 Å². The van der Waals surface area contributed by atoms with E-state index in [4.69, 9.17) is 22.1 Å². The number of hydrogen-bond donors (Lipinski definition) is 1. The molecule has 0 amide bonds. The lowest BCUT2D eigenvalue weighted by molar-refractivity contribution is -0.0834. The summed E-state index contributed by atoms with van der Waals surface area (Å²) in [5, 5.41) is 0. The van der Waals surface area contributed by atoms with Gasteiger partial charge in [0.15, 0.2) is 0 Å². The molecule has 14 heavy (non-hydrogen) atoms. The number of thiophene rings is 1. The molecule has 1 fully saturated rings. The molecule has 0 aromatic carbocycles. The van der Waals surface area contributed by atoms with E-state index in [0.717, 1.165) is 17.6 Å². The van der Waals surface area contributed by atoms with Crippen molar-refractivity contribution >= 4 is 22.9 Å². The van der Waals surface area contributed by atoms with Crippen LogP contribution < -0.4 is 5.73 Å². The Morgan fingerprint density at radius 3 is 2.71 bits per heavy atom. The van der Waals surface area contributed by atoms with Gasteiger partial charge in [0.25, 0.3) is 0 Å². The Bertz CT molecular complexity index is 322. The second-order valence-corrected chi connectivity index (χ2v) is 5.60. The third-order valence-corrected chi connectivity index (χ3v) is 4.53. The van der Waals surface area contributed by atoms with E-state index in [1.165, 1.54) is 4.88 Å². The minimum atomic E-state index is 0.132. The molecule has 1 aromatic heterocycles. The summed E-state index contributed by atoms with van der Waals surface area (Å²) in [4.78, 5) is 1.31. The minimum Gasteiger partial charge on any atom is -0.379 e. The van der Waals surface area contributed by atoms with Crippen LogP contribution in [-0.4, -0.2) is 19.8 Å². The number of rotatable bonds is 3. The lowest BCUT2D eigenvalue weighted by atomic mass is 9.73. The molecular formula is C10H14ClNOS. The zero-order valence-electron chi connectivity index (χ0n) is 8.13. The first-order chi connectivity index (χ1) is 6.69. The molecule has 1 aliphatic heterocycles. The average molecular weight is 232 g/mol. The fourth-order valence-electron chi connectivity index (χ4n) is 1.80. The van der Waals surface area contributed by atoms with Crippen LogP contribution in [0.5, 0.6) is 0 Å². The maximum absolute atomic E-state index is 5.94. The summed E-state index contributed by atoms with van der Waals surface area (Å²) >= 11 is 7.59. The smallest absolute Gasteiger partial charge is 0.0931 e. The molecule has 0 spiro atoms. The van der Waals surface area contributed by atoms with Crippen molar-refractivity contribution in [1.29, 1.82) is 0 Å². The number of nitrogens with two attached hydrogens (primary N) is 1. The molecule has 0 aliphatic carbocycles. The van der Waals surface area contributed by atoms with Gasteiger partial charge in [-0.3, -0.25) is 0 Å². The van der Waals surface area contributed by atoms with Gasteiger partial charge in [-0.15, -0.1) is 11.3 Å². The molecule has 2 N–H and O–H groups in total. The monoisotopic (exact) mass is 231 g/mol. The van der Waals surface area contributed by atoms with Crippen LogP contribution >= 0.6 is 22.9 Å². The van der Waals surface area contributed by atoms with Gasteiger partial charge in [-0.1, -0.05) is 18.5 Å². The van der Waals surface area contributed by atoms with Crippen LogP contribution in [0.15, 0.2) is 12.1 Å². The van der Waals surface area contributed by atoms with Crippen LogP contribution in [0.25, 0.3) is 0 Å². The molecule has 2 heterocycles. The van der Waals surface area contributed by atoms with Gasteiger partial charge in [-0.05, 0) is 24.6 Å². The van der Waals surface area contributed by atoms with Crippen LogP contribution in [0.1, 0.15) is 11.8 Å². The second-order valence-electron chi connectivity index (χ2n) is 3.89. The second kappa shape index (κ2) is 3.81. The van der Waals surface area contributed by atoms with Crippen molar-refractivity contribution in [2.75, 3.05) is 19.8 Å². The fraction of sp³-hybridized carbons (Fsp3) is 0.600. The first-order valence-corrected chi connectivity index (χ1v) is 5.92. The third-order valence-electron chi connectivity index (χ3n) is 3.08. The third kappa shape index (κ3) is 1.48. The molecule has 2 rings (SSSR count). The number of halogens is 1. The molecule has 1 unspecified atom stereocenters. The van der Waals surface area contributed by atoms with Crippen LogP contribution in [0, 0.1) is 5.92 Å². The molecule has 1 aromatic rings. The molecule has 0 radical (unpaired) electrons. The molecule has 0 saturated carbocycles. The Hall–Kier alpha value is -0.0900. The van der Waals surface area contributed by atoms with E-state index in [1.807, 2.05) is 6.07 Å². The summed E-state index contributed by atoms with van der Waals surface area (Å²) in [6.07, 6.45) is 0. The van der Waals surface area contributed by atoms with Gasteiger partial charge in [0.1, 0.15) is 0 Å². The SMILES string of the molecule is CC(CN)C1(c2ccc(Cl)s2)COC1. The molecule has 4 heteroatoms. The van der Waals surface area contributed by atoms with Gasteiger partial charge in [0.05, 0.1) is 23.0 Å². The highest BCUT2D eigenvalue weighted by Crippen LogP contribution is 2.43. The lowest BCUT2D eigenvalue weighted by Crippen LogP contribution is -2.53. The predicted octanol–water partition coefficient (Wildman–Crippen LogP) is 2.26. The Morgan fingerprint density at radius 1 is 1.64 bits per heavy atom. The van der Waals surface area contributed by atoms with Crippen LogP contribution in [0.3, 0.4) is 0 Å². The lowest BCUT2D eigenvalue weighted by Gasteiger charge is -2.45. The van der Waals surface area contributed by atoms with Crippen LogP contribution in [-0.2, 0) is 10.2 Å². The molecule has 1 aliphatic rings. The molecular weight excluding hydrogens is 218 g/mol. The number of hydrogen-bond acceptors (Lipinski definition) is 3. The Morgan fingerprint density at radius 2 is 2.36 bits per heavy atom.